The third-order valence-corrected chi connectivity index (χ3v) is 12.7. The van der Waals surface area contributed by atoms with Crippen molar-refractivity contribution in [2.24, 2.45) is 11.8 Å². The topological polar surface area (TPSA) is 226 Å². The summed E-state index contributed by atoms with van der Waals surface area (Å²) in [6, 6.07) is 39.6. The van der Waals surface area contributed by atoms with Crippen molar-refractivity contribution in [1.29, 1.82) is 0 Å². The highest BCUT2D eigenvalue weighted by Gasteiger charge is 2.45. The summed E-state index contributed by atoms with van der Waals surface area (Å²) in [4.78, 5) is 28.4. The van der Waals surface area contributed by atoms with Gasteiger partial charge < -0.3 is 54.5 Å². The van der Waals surface area contributed by atoms with Crippen LogP contribution in [0.25, 0.3) is 22.3 Å². The normalized spacial score (nSPS) is 23.8. The highest BCUT2D eigenvalue weighted by atomic mass is 16.7. The van der Waals surface area contributed by atoms with Crippen molar-refractivity contribution in [1.82, 2.24) is 39.5 Å². The molecule has 2 unspecified atom stereocenters. The number of nitrogens with one attached hydrogen (secondary N) is 1. The standard InChI is InChI=1S/C26H25N5O3.C14H16O3.C12H11N5O/c1-16-19-14-33-25(18-10-6-3-7-11-18)34-21(19)12-20(16)31-15-28-22-23(31)29-26(27)30-24(22)32-13-17-8-4-2-5-9-17;1-9-11-8-16-14(10-5-3-2-4-6-10)17-13(11)7-12(9)15;13-12-16-10-9(14-7-15-10)11(17-12)18-6-8-4-2-1-3-5-8/h2-11,15,19-21,25H,1,12-14H2,(H2,27,29,30);2-6,11-15H,1,7-8H2;1-5,7H,6H2,(H3,13,14,15,16,17)/t19-,20-,21-,25?;11-,12+,13-,14?;/m00./s1. The zero-order valence-corrected chi connectivity index (χ0v) is 37.7. The largest absolute Gasteiger partial charge is 0.471 e. The van der Waals surface area contributed by atoms with Gasteiger partial charge in [-0.15, -0.1) is 0 Å². The summed E-state index contributed by atoms with van der Waals surface area (Å²) in [5, 5.41) is 9.75. The number of benzene rings is 4. The van der Waals surface area contributed by atoms with Crippen LogP contribution in [0.2, 0.25) is 0 Å². The molecule has 2 saturated carbocycles. The number of fused-ring (bicyclic) bond motifs is 4. The maximum absolute atomic E-state index is 9.75. The fraction of sp³-hybridized carbons (Fsp3) is 0.269. The first-order chi connectivity index (χ1) is 33.8. The quantitative estimate of drug-likeness (QED) is 0.101. The molecule has 0 spiro atoms. The van der Waals surface area contributed by atoms with Gasteiger partial charge in [0.2, 0.25) is 23.7 Å². The first-order valence-corrected chi connectivity index (χ1v) is 22.7. The van der Waals surface area contributed by atoms with E-state index in [0.717, 1.165) is 39.8 Å². The van der Waals surface area contributed by atoms with Gasteiger partial charge in [-0.2, -0.15) is 19.9 Å². The van der Waals surface area contributed by atoms with E-state index in [2.05, 4.69) is 48.0 Å². The summed E-state index contributed by atoms with van der Waals surface area (Å²) in [6.45, 7) is 10.2. The van der Waals surface area contributed by atoms with Crippen LogP contribution in [0.1, 0.15) is 53.7 Å². The van der Waals surface area contributed by atoms with E-state index in [1.165, 1.54) is 6.33 Å². The van der Waals surface area contributed by atoms with E-state index >= 15 is 0 Å². The maximum atomic E-state index is 9.75. The smallest absolute Gasteiger partial charge is 0.247 e. The molecule has 2 saturated heterocycles. The minimum absolute atomic E-state index is 0.00175. The zero-order chi connectivity index (χ0) is 47.3. The van der Waals surface area contributed by atoms with Gasteiger partial charge in [-0.25, -0.2) is 9.97 Å². The second-order valence-corrected chi connectivity index (χ2v) is 17.1. The van der Waals surface area contributed by atoms with E-state index in [1.54, 1.807) is 6.33 Å². The first kappa shape index (κ1) is 45.3. The fourth-order valence-electron chi connectivity index (χ4n) is 9.03. The van der Waals surface area contributed by atoms with E-state index < -0.39 is 6.10 Å². The molecule has 17 heteroatoms. The first-order valence-electron chi connectivity index (χ1n) is 22.7. The second-order valence-electron chi connectivity index (χ2n) is 17.1. The number of anilines is 2. The predicted octanol–water partition coefficient (Wildman–Crippen LogP) is 7.77. The van der Waals surface area contributed by atoms with Crippen LogP contribution in [0, 0.1) is 11.8 Å². The van der Waals surface area contributed by atoms with Crippen molar-refractivity contribution in [3.63, 3.8) is 0 Å². The minimum atomic E-state index is -0.442. The van der Waals surface area contributed by atoms with E-state index in [1.807, 2.05) is 126 Å². The Morgan fingerprint density at radius 2 is 1.16 bits per heavy atom. The molecule has 8 atom stereocenters. The molecule has 4 aliphatic rings. The van der Waals surface area contributed by atoms with Gasteiger partial charge in [0.1, 0.15) is 18.7 Å². The SMILES string of the molecule is C=C1[C@@H]2COC(c3ccccc3)O[C@H]2C[C@@H]1n1cnc2c(OCc3ccccc3)nc(N)nc21.C=C1[C@H](O)C[C@@H]2OC(c3ccccc3)OC[C@@H]12.Nc1nc(OCc2ccccc2)c2[nH]cnc2n1. The van der Waals surface area contributed by atoms with E-state index in [9.17, 15) is 5.11 Å². The molecule has 6 heterocycles. The fourth-order valence-corrected chi connectivity index (χ4v) is 9.03. The number of nitrogens with zero attached hydrogens (tertiary/aromatic N) is 7. The van der Waals surface area contributed by atoms with Gasteiger partial charge in [0.25, 0.3) is 0 Å². The number of nitrogen functional groups attached to an aromatic ring is 2. The Morgan fingerprint density at radius 3 is 1.77 bits per heavy atom. The number of nitrogens with two attached hydrogens (primary N) is 2. The molecule has 2 aliphatic carbocycles. The van der Waals surface area contributed by atoms with Crippen LogP contribution < -0.4 is 20.9 Å². The van der Waals surface area contributed by atoms with Gasteiger partial charge in [-0.05, 0) is 28.7 Å². The second kappa shape index (κ2) is 20.4. The summed E-state index contributed by atoms with van der Waals surface area (Å²) in [6.07, 6.45) is 3.61. The number of hydrogen-bond donors (Lipinski definition) is 4. The van der Waals surface area contributed by atoms with Crippen LogP contribution in [0.5, 0.6) is 11.8 Å². The van der Waals surface area contributed by atoms with E-state index in [4.69, 9.17) is 39.9 Å². The summed E-state index contributed by atoms with van der Waals surface area (Å²) in [5.74, 6) is 1.33. The third-order valence-electron chi connectivity index (χ3n) is 12.7. The van der Waals surface area contributed by atoms with Crippen molar-refractivity contribution in [2.75, 3.05) is 24.7 Å². The van der Waals surface area contributed by atoms with Crippen LogP contribution in [0.3, 0.4) is 0 Å². The van der Waals surface area contributed by atoms with Crippen molar-refractivity contribution in [3.05, 3.63) is 181 Å². The number of aromatic nitrogens is 8. The molecular weight excluding hydrogens is 877 g/mol. The number of rotatable bonds is 9. The summed E-state index contributed by atoms with van der Waals surface area (Å²) >= 11 is 0. The number of H-pyrrole nitrogens is 1. The van der Waals surface area contributed by atoms with Gasteiger partial charge in [0.15, 0.2) is 29.4 Å². The lowest BCUT2D eigenvalue weighted by molar-refractivity contribution is -0.230. The minimum Gasteiger partial charge on any atom is -0.471 e. The van der Waals surface area contributed by atoms with Gasteiger partial charge >= 0.3 is 0 Å². The number of imidazole rings is 2. The molecule has 4 fully saturated rings. The third kappa shape index (κ3) is 10.0. The molecular formula is C52H52N10O7. The van der Waals surface area contributed by atoms with Crippen LogP contribution >= 0.6 is 0 Å². The van der Waals surface area contributed by atoms with Crippen molar-refractivity contribution >= 4 is 34.2 Å². The maximum Gasteiger partial charge on any atom is 0.247 e. The van der Waals surface area contributed by atoms with Gasteiger partial charge in [-0.1, -0.05) is 134 Å². The lowest BCUT2D eigenvalue weighted by Gasteiger charge is -2.33. The molecule has 4 aromatic heterocycles. The Bertz CT molecular complexity index is 3010. The molecule has 12 rings (SSSR count). The number of aliphatic hydroxyl groups is 1. The number of hydrogen-bond acceptors (Lipinski definition) is 15. The number of aromatic amines is 1. The highest BCUT2D eigenvalue weighted by Crippen LogP contribution is 2.47. The Balaban J connectivity index is 0.000000133. The van der Waals surface area contributed by atoms with Crippen LogP contribution in [0.15, 0.2) is 158 Å². The van der Waals surface area contributed by atoms with Gasteiger partial charge in [-0.3, -0.25) is 0 Å². The molecule has 0 radical (unpaired) electrons. The average Bonchev–Trinajstić information content (AvgIpc) is 4.18. The molecule has 4 aromatic carbocycles. The number of ether oxygens (including phenoxy) is 6. The Hall–Kier alpha value is -7.54. The Labute approximate surface area is 397 Å². The van der Waals surface area contributed by atoms with Crippen LogP contribution in [0.4, 0.5) is 11.9 Å². The van der Waals surface area contributed by atoms with E-state index in [0.29, 0.717) is 66.9 Å². The van der Waals surface area contributed by atoms with Crippen molar-refractivity contribution in [2.45, 2.75) is 63.0 Å². The van der Waals surface area contributed by atoms with Gasteiger partial charge in [0.05, 0.1) is 50.2 Å². The molecule has 6 N–H and O–H groups in total. The predicted molar refractivity (Wildman–Crippen MR) is 257 cm³/mol. The summed E-state index contributed by atoms with van der Waals surface area (Å²) in [5.41, 5.74) is 20.0. The van der Waals surface area contributed by atoms with Crippen molar-refractivity contribution in [3.8, 4) is 11.8 Å². The highest BCUT2D eigenvalue weighted by molar-refractivity contribution is 5.78. The van der Waals surface area contributed by atoms with Gasteiger partial charge in [0, 0.05) is 29.4 Å². The molecule has 2 aliphatic heterocycles. The molecule has 69 heavy (non-hydrogen) atoms. The molecule has 17 nitrogen and oxygen atoms in total. The zero-order valence-electron chi connectivity index (χ0n) is 37.7. The van der Waals surface area contributed by atoms with Crippen LogP contribution in [-0.4, -0.2) is 76.1 Å². The molecule has 352 valence electrons. The molecule has 8 aromatic rings. The molecule has 0 bridgehead atoms. The summed E-state index contributed by atoms with van der Waals surface area (Å²) in [7, 11) is 0. The lowest BCUT2D eigenvalue weighted by atomic mass is 10.0. The van der Waals surface area contributed by atoms with E-state index in [-0.39, 0.29) is 54.6 Å². The monoisotopic (exact) mass is 928 g/mol. The van der Waals surface area contributed by atoms with Crippen molar-refractivity contribution < 1.29 is 33.5 Å². The number of aliphatic hydroxyl groups excluding tert-OH is 1. The van der Waals surface area contributed by atoms with Crippen LogP contribution in [-0.2, 0) is 32.2 Å². The molecule has 0 amide bonds. The Morgan fingerprint density at radius 1 is 0.638 bits per heavy atom. The summed E-state index contributed by atoms with van der Waals surface area (Å²) < 4.78 is 37.6. The average molecular weight is 929 g/mol. The lowest BCUT2D eigenvalue weighted by Crippen LogP contribution is -2.32. The Kier molecular flexibility index (Phi) is 13.4.